The molecule has 0 spiro atoms. The third-order valence-corrected chi connectivity index (χ3v) is 5.14. The lowest BCUT2D eigenvalue weighted by Gasteiger charge is -2.18. The number of amides is 2. The fraction of sp³-hybridized carbons (Fsp3) is 0.217. The van der Waals surface area contributed by atoms with E-state index in [1.807, 2.05) is 68.4 Å². The van der Waals surface area contributed by atoms with Crippen LogP contribution in [-0.2, 0) is 17.8 Å². The van der Waals surface area contributed by atoms with E-state index in [1.165, 1.54) is 6.26 Å². The average Bonchev–Trinajstić information content (AvgIpc) is 3.26. The van der Waals surface area contributed by atoms with Gasteiger partial charge in [-0.25, -0.2) is 0 Å². The first-order valence-electron chi connectivity index (χ1n) is 9.48. The molecule has 0 atom stereocenters. The quantitative estimate of drug-likeness (QED) is 0.716. The maximum Gasteiger partial charge on any atom is 0.291 e. The maximum absolute atomic E-state index is 12.8. The van der Waals surface area contributed by atoms with Crippen molar-refractivity contribution < 1.29 is 14.0 Å². The number of carbonyl (C=O) groups excluding carboxylic acids is 2. The third kappa shape index (κ3) is 3.61. The van der Waals surface area contributed by atoms with Gasteiger partial charge >= 0.3 is 0 Å². The SMILES string of the molecule is Cc1cc(NC(=O)c2occc2CN2C(=O)Cc3ccccc32)ccc1N(C)C. The normalized spacial score (nSPS) is 12.8. The van der Waals surface area contributed by atoms with Crippen LogP contribution in [0.25, 0.3) is 0 Å². The van der Waals surface area contributed by atoms with E-state index >= 15 is 0 Å². The number of nitrogens with one attached hydrogen (secondary N) is 1. The molecule has 6 heteroatoms. The Balaban J connectivity index is 1.53. The Kier molecular flexibility index (Phi) is 4.84. The van der Waals surface area contributed by atoms with Crippen LogP contribution >= 0.6 is 0 Å². The molecule has 0 saturated carbocycles. The number of benzene rings is 2. The topological polar surface area (TPSA) is 65.8 Å². The number of hydrogen-bond acceptors (Lipinski definition) is 4. The van der Waals surface area contributed by atoms with E-state index in [0.717, 1.165) is 22.5 Å². The minimum atomic E-state index is -0.332. The van der Waals surface area contributed by atoms with E-state index in [4.69, 9.17) is 4.42 Å². The van der Waals surface area contributed by atoms with Gasteiger partial charge in [0.15, 0.2) is 5.76 Å². The molecule has 1 aliphatic heterocycles. The van der Waals surface area contributed by atoms with Gasteiger partial charge in [0.1, 0.15) is 0 Å². The Morgan fingerprint density at radius 2 is 1.97 bits per heavy atom. The molecular formula is C23H23N3O3. The number of hydrogen-bond donors (Lipinski definition) is 1. The molecule has 3 aromatic rings. The highest BCUT2D eigenvalue weighted by atomic mass is 16.3. The zero-order valence-electron chi connectivity index (χ0n) is 16.7. The Morgan fingerprint density at radius 3 is 2.72 bits per heavy atom. The molecule has 4 rings (SSSR count). The van der Waals surface area contributed by atoms with Gasteiger partial charge in [-0.15, -0.1) is 0 Å². The first kappa shape index (κ1) is 18.8. The summed E-state index contributed by atoms with van der Waals surface area (Å²) in [6.45, 7) is 2.30. The fourth-order valence-corrected chi connectivity index (χ4v) is 3.74. The van der Waals surface area contributed by atoms with E-state index in [9.17, 15) is 9.59 Å². The number of fused-ring (bicyclic) bond motifs is 1. The largest absolute Gasteiger partial charge is 0.459 e. The molecule has 148 valence electrons. The van der Waals surface area contributed by atoms with Crippen LogP contribution in [0.2, 0.25) is 0 Å². The molecule has 1 N–H and O–H groups in total. The number of carbonyl (C=O) groups is 2. The van der Waals surface area contributed by atoms with Crippen molar-refractivity contribution in [2.45, 2.75) is 19.9 Å². The second-order valence-electron chi connectivity index (χ2n) is 7.41. The molecule has 6 nitrogen and oxygen atoms in total. The van der Waals surface area contributed by atoms with Crippen molar-refractivity contribution in [1.29, 1.82) is 0 Å². The smallest absolute Gasteiger partial charge is 0.291 e. The number of para-hydroxylation sites is 1. The van der Waals surface area contributed by atoms with E-state index < -0.39 is 0 Å². The van der Waals surface area contributed by atoms with Crippen LogP contribution in [-0.4, -0.2) is 25.9 Å². The molecule has 0 unspecified atom stereocenters. The molecule has 29 heavy (non-hydrogen) atoms. The number of nitrogens with zero attached hydrogens (tertiary/aromatic N) is 2. The molecule has 2 amide bonds. The zero-order valence-corrected chi connectivity index (χ0v) is 16.7. The summed E-state index contributed by atoms with van der Waals surface area (Å²) < 4.78 is 5.47. The van der Waals surface area contributed by atoms with Crippen LogP contribution in [0.3, 0.4) is 0 Å². The van der Waals surface area contributed by atoms with Gasteiger partial charge in [-0.1, -0.05) is 18.2 Å². The summed E-state index contributed by atoms with van der Waals surface area (Å²) in [6.07, 6.45) is 1.87. The number of aryl methyl sites for hydroxylation is 1. The van der Waals surface area contributed by atoms with Gasteiger partial charge in [-0.3, -0.25) is 9.59 Å². The van der Waals surface area contributed by atoms with Gasteiger partial charge in [0.2, 0.25) is 5.91 Å². The van der Waals surface area contributed by atoms with Crippen LogP contribution in [0.4, 0.5) is 17.1 Å². The standard InChI is InChI=1S/C23H23N3O3/c1-15-12-18(8-9-19(15)25(2)3)24-23(28)22-17(10-11-29-22)14-26-20-7-5-4-6-16(20)13-21(26)27/h4-12H,13-14H2,1-3H3,(H,24,28). The molecule has 0 radical (unpaired) electrons. The van der Waals surface area contributed by atoms with Crippen molar-refractivity contribution in [1.82, 2.24) is 0 Å². The summed E-state index contributed by atoms with van der Waals surface area (Å²) in [5.74, 6) is -0.0906. The lowest BCUT2D eigenvalue weighted by Crippen LogP contribution is -2.27. The summed E-state index contributed by atoms with van der Waals surface area (Å²) in [7, 11) is 3.96. The highest BCUT2D eigenvalue weighted by Gasteiger charge is 2.28. The van der Waals surface area contributed by atoms with Gasteiger partial charge in [0, 0.05) is 36.7 Å². The lowest BCUT2D eigenvalue weighted by atomic mass is 10.1. The Hall–Kier alpha value is -3.54. The van der Waals surface area contributed by atoms with E-state index in [-0.39, 0.29) is 17.6 Å². The van der Waals surface area contributed by atoms with Crippen molar-refractivity contribution in [3.63, 3.8) is 0 Å². The molecular weight excluding hydrogens is 366 g/mol. The van der Waals surface area contributed by atoms with Crippen molar-refractivity contribution >= 4 is 28.9 Å². The molecule has 1 aliphatic rings. The first-order chi connectivity index (χ1) is 13.9. The summed E-state index contributed by atoms with van der Waals surface area (Å²) >= 11 is 0. The predicted octanol–water partition coefficient (Wildman–Crippen LogP) is 4.00. The molecule has 2 heterocycles. The second kappa shape index (κ2) is 7.47. The van der Waals surface area contributed by atoms with E-state index in [2.05, 4.69) is 5.32 Å². The second-order valence-corrected chi connectivity index (χ2v) is 7.41. The summed E-state index contributed by atoms with van der Waals surface area (Å²) in [5, 5.41) is 2.89. The zero-order chi connectivity index (χ0) is 20.5. The lowest BCUT2D eigenvalue weighted by molar-refractivity contribution is -0.117. The molecule has 0 saturated heterocycles. The molecule has 2 aromatic carbocycles. The number of furan rings is 1. The summed E-state index contributed by atoms with van der Waals surface area (Å²) in [4.78, 5) is 29.0. The average molecular weight is 389 g/mol. The summed E-state index contributed by atoms with van der Waals surface area (Å²) in [6, 6.07) is 15.2. The van der Waals surface area contributed by atoms with Crippen molar-refractivity contribution in [3.8, 4) is 0 Å². The summed E-state index contributed by atoms with van der Waals surface area (Å²) in [5.41, 5.74) is 5.42. The Labute approximate surface area is 169 Å². The Bertz CT molecular complexity index is 1080. The monoisotopic (exact) mass is 389 g/mol. The minimum Gasteiger partial charge on any atom is -0.459 e. The van der Waals surface area contributed by atoms with Gasteiger partial charge in [-0.05, 0) is 48.4 Å². The number of anilines is 3. The Morgan fingerprint density at radius 1 is 1.17 bits per heavy atom. The van der Waals surface area contributed by atoms with Gasteiger partial charge < -0.3 is 19.5 Å². The fourth-order valence-electron chi connectivity index (χ4n) is 3.74. The minimum absolute atomic E-state index is 0.0219. The van der Waals surface area contributed by atoms with Crippen molar-refractivity contribution in [2.75, 3.05) is 29.2 Å². The van der Waals surface area contributed by atoms with Crippen LogP contribution in [0, 0.1) is 6.92 Å². The highest BCUT2D eigenvalue weighted by molar-refractivity contribution is 6.04. The van der Waals surface area contributed by atoms with Gasteiger partial charge in [0.05, 0.1) is 19.2 Å². The van der Waals surface area contributed by atoms with Crippen LogP contribution in [0.5, 0.6) is 0 Å². The van der Waals surface area contributed by atoms with E-state index in [1.54, 1.807) is 11.0 Å². The number of rotatable bonds is 5. The molecule has 0 fully saturated rings. The molecule has 0 aliphatic carbocycles. The maximum atomic E-state index is 12.8. The predicted molar refractivity (Wildman–Crippen MR) is 114 cm³/mol. The van der Waals surface area contributed by atoms with Crippen LogP contribution in [0.15, 0.2) is 59.2 Å². The molecule has 1 aromatic heterocycles. The van der Waals surface area contributed by atoms with Gasteiger partial charge in [-0.2, -0.15) is 0 Å². The van der Waals surface area contributed by atoms with E-state index in [0.29, 0.717) is 24.2 Å². The first-order valence-corrected chi connectivity index (χ1v) is 9.48. The van der Waals surface area contributed by atoms with Crippen LogP contribution < -0.4 is 15.1 Å². The molecule has 0 bridgehead atoms. The van der Waals surface area contributed by atoms with Gasteiger partial charge in [0.25, 0.3) is 5.91 Å². The van der Waals surface area contributed by atoms with Crippen molar-refractivity contribution in [3.05, 3.63) is 77.2 Å². The highest BCUT2D eigenvalue weighted by Crippen LogP contribution is 2.31. The van der Waals surface area contributed by atoms with Crippen LogP contribution in [0.1, 0.15) is 27.2 Å². The third-order valence-electron chi connectivity index (χ3n) is 5.14. The van der Waals surface area contributed by atoms with Crippen molar-refractivity contribution in [2.24, 2.45) is 0 Å².